The van der Waals surface area contributed by atoms with Crippen LogP contribution in [0.4, 0.5) is 4.39 Å². The van der Waals surface area contributed by atoms with Crippen LogP contribution in [0.2, 0.25) is 5.02 Å². The fraction of sp³-hybridized carbons (Fsp3) is 0.0714. The lowest BCUT2D eigenvalue weighted by Gasteiger charge is -2.09. The number of rotatable bonds is 4. The maximum absolute atomic E-state index is 13.1. The van der Waals surface area contributed by atoms with Gasteiger partial charge < -0.3 is 9.84 Å². The molecule has 0 amide bonds. The number of carboxylic acid groups (broad SMARTS) is 1. The van der Waals surface area contributed by atoms with Crippen LogP contribution in [0, 0.1) is 5.82 Å². The zero-order valence-corrected chi connectivity index (χ0v) is 10.5. The molecule has 0 aromatic heterocycles. The average molecular weight is 281 g/mol. The third-order valence-electron chi connectivity index (χ3n) is 2.49. The van der Waals surface area contributed by atoms with Crippen molar-refractivity contribution in [3.63, 3.8) is 0 Å². The Hall–Kier alpha value is -2.07. The second kappa shape index (κ2) is 5.71. The molecule has 0 bridgehead atoms. The van der Waals surface area contributed by atoms with Crippen LogP contribution >= 0.6 is 11.6 Å². The second-order valence-corrected chi connectivity index (χ2v) is 4.29. The fourth-order valence-electron chi connectivity index (χ4n) is 1.61. The predicted molar refractivity (Wildman–Crippen MR) is 69.1 cm³/mol. The van der Waals surface area contributed by atoms with Crippen molar-refractivity contribution in [1.29, 1.82) is 0 Å². The number of hydrogen-bond donors (Lipinski definition) is 1. The molecule has 0 fully saturated rings. The van der Waals surface area contributed by atoms with Crippen LogP contribution in [0.1, 0.15) is 15.9 Å². The van der Waals surface area contributed by atoms with Gasteiger partial charge in [-0.15, -0.1) is 0 Å². The molecule has 98 valence electrons. The number of carboxylic acids is 1. The highest BCUT2D eigenvalue weighted by atomic mass is 35.5. The van der Waals surface area contributed by atoms with Gasteiger partial charge in [-0.1, -0.05) is 17.7 Å². The first-order valence-electron chi connectivity index (χ1n) is 5.46. The second-order valence-electron chi connectivity index (χ2n) is 3.85. The molecule has 0 aliphatic rings. The molecule has 0 aliphatic carbocycles. The molecule has 5 heteroatoms. The highest BCUT2D eigenvalue weighted by molar-refractivity contribution is 6.30. The molecule has 3 nitrogen and oxygen atoms in total. The highest BCUT2D eigenvalue weighted by Crippen LogP contribution is 2.20. The van der Waals surface area contributed by atoms with E-state index in [2.05, 4.69) is 0 Å². The number of halogens is 2. The predicted octanol–water partition coefficient (Wildman–Crippen LogP) is 3.76. The van der Waals surface area contributed by atoms with E-state index in [4.69, 9.17) is 21.4 Å². The van der Waals surface area contributed by atoms with Crippen LogP contribution in [0.3, 0.4) is 0 Å². The maximum Gasteiger partial charge on any atom is 0.336 e. The third kappa shape index (κ3) is 3.45. The summed E-state index contributed by atoms with van der Waals surface area (Å²) < 4.78 is 18.5. The zero-order chi connectivity index (χ0) is 13.8. The first-order valence-corrected chi connectivity index (χ1v) is 5.84. The zero-order valence-electron chi connectivity index (χ0n) is 9.77. The summed E-state index contributed by atoms with van der Waals surface area (Å²) in [5.74, 6) is -1.13. The normalized spacial score (nSPS) is 10.2. The lowest BCUT2D eigenvalue weighted by atomic mass is 10.1. The fourth-order valence-corrected chi connectivity index (χ4v) is 1.79. The monoisotopic (exact) mass is 280 g/mol. The van der Waals surface area contributed by atoms with Crippen molar-refractivity contribution in [3.8, 4) is 5.75 Å². The topological polar surface area (TPSA) is 46.5 Å². The molecule has 2 aromatic rings. The number of hydrogen-bond acceptors (Lipinski definition) is 2. The van der Waals surface area contributed by atoms with Crippen LogP contribution < -0.4 is 4.74 Å². The number of carbonyl (C=O) groups is 1. The van der Waals surface area contributed by atoms with Crippen LogP contribution in [0.25, 0.3) is 0 Å². The Labute approximate surface area is 114 Å². The van der Waals surface area contributed by atoms with Crippen LogP contribution in [0.5, 0.6) is 5.75 Å². The lowest BCUT2D eigenvalue weighted by Crippen LogP contribution is -2.06. The minimum atomic E-state index is -1.12. The van der Waals surface area contributed by atoms with Crippen LogP contribution in [-0.2, 0) is 6.61 Å². The molecule has 0 radical (unpaired) electrons. The van der Waals surface area contributed by atoms with Gasteiger partial charge in [0.25, 0.3) is 0 Å². The van der Waals surface area contributed by atoms with E-state index >= 15 is 0 Å². The van der Waals surface area contributed by atoms with E-state index in [0.717, 1.165) is 12.1 Å². The summed E-state index contributed by atoms with van der Waals surface area (Å²) in [4.78, 5) is 11.0. The molecule has 0 saturated heterocycles. The van der Waals surface area contributed by atoms with Gasteiger partial charge in [-0.25, -0.2) is 9.18 Å². The first-order chi connectivity index (χ1) is 9.06. The molecule has 0 spiro atoms. The van der Waals surface area contributed by atoms with Gasteiger partial charge in [0, 0.05) is 10.6 Å². The number of ether oxygens (including phenoxy) is 1. The molecule has 0 atom stereocenters. The standard InChI is InChI=1S/C14H10ClFO3/c15-10-2-1-3-12(7-10)19-8-9-6-11(16)4-5-13(9)14(17)18/h1-7H,8H2,(H,17,18). The van der Waals surface area contributed by atoms with Crippen molar-refractivity contribution in [2.45, 2.75) is 6.61 Å². The smallest absolute Gasteiger partial charge is 0.336 e. The van der Waals surface area contributed by atoms with E-state index in [1.54, 1.807) is 24.3 Å². The van der Waals surface area contributed by atoms with Gasteiger partial charge in [-0.05, 0) is 36.4 Å². The van der Waals surface area contributed by atoms with E-state index < -0.39 is 11.8 Å². The summed E-state index contributed by atoms with van der Waals surface area (Å²) >= 11 is 5.80. The van der Waals surface area contributed by atoms with E-state index in [1.807, 2.05) is 0 Å². The third-order valence-corrected chi connectivity index (χ3v) is 2.72. The Morgan fingerprint density at radius 1 is 1.26 bits per heavy atom. The molecule has 1 N–H and O–H groups in total. The Balaban J connectivity index is 2.19. The van der Waals surface area contributed by atoms with Crippen molar-refractivity contribution in [1.82, 2.24) is 0 Å². The quantitative estimate of drug-likeness (QED) is 0.927. The summed E-state index contributed by atoms with van der Waals surface area (Å²) in [6.07, 6.45) is 0. The van der Waals surface area contributed by atoms with E-state index in [1.165, 1.54) is 6.07 Å². The summed E-state index contributed by atoms with van der Waals surface area (Å²) in [6.45, 7) is -0.0419. The van der Waals surface area contributed by atoms with Gasteiger partial charge >= 0.3 is 5.97 Å². The minimum Gasteiger partial charge on any atom is -0.489 e. The van der Waals surface area contributed by atoms with Gasteiger partial charge in [0.05, 0.1) is 5.56 Å². The van der Waals surface area contributed by atoms with Crippen LogP contribution in [-0.4, -0.2) is 11.1 Å². The van der Waals surface area contributed by atoms with E-state index in [0.29, 0.717) is 10.8 Å². The summed E-state index contributed by atoms with van der Waals surface area (Å²) in [5.41, 5.74) is 0.288. The molecular formula is C14H10ClFO3. The summed E-state index contributed by atoms with van der Waals surface area (Å²) in [5, 5.41) is 9.51. The Kier molecular flexibility index (Phi) is 4.02. The molecular weight excluding hydrogens is 271 g/mol. The maximum atomic E-state index is 13.1. The molecule has 19 heavy (non-hydrogen) atoms. The molecule has 0 heterocycles. The molecule has 0 aliphatic heterocycles. The number of aromatic carboxylic acids is 1. The van der Waals surface area contributed by atoms with Crippen molar-refractivity contribution in [3.05, 3.63) is 64.4 Å². The lowest BCUT2D eigenvalue weighted by molar-refractivity contribution is 0.0694. The van der Waals surface area contributed by atoms with Gasteiger partial charge in [-0.3, -0.25) is 0 Å². The number of benzene rings is 2. The minimum absolute atomic E-state index is 0.0171. The average Bonchev–Trinajstić information content (AvgIpc) is 2.36. The Morgan fingerprint density at radius 2 is 2.05 bits per heavy atom. The molecule has 2 aromatic carbocycles. The highest BCUT2D eigenvalue weighted by Gasteiger charge is 2.11. The van der Waals surface area contributed by atoms with Crippen LogP contribution in [0.15, 0.2) is 42.5 Å². The van der Waals surface area contributed by atoms with Gasteiger partial charge in [0.2, 0.25) is 0 Å². The summed E-state index contributed by atoms with van der Waals surface area (Å²) in [6, 6.07) is 10.2. The van der Waals surface area contributed by atoms with Crippen molar-refractivity contribution in [2.75, 3.05) is 0 Å². The Bertz CT molecular complexity index is 613. The van der Waals surface area contributed by atoms with E-state index in [-0.39, 0.29) is 17.7 Å². The SMILES string of the molecule is O=C(O)c1ccc(F)cc1COc1cccc(Cl)c1. The summed E-state index contributed by atoms with van der Waals surface area (Å²) in [7, 11) is 0. The van der Waals surface area contributed by atoms with Gasteiger partial charge in [-0.2, -0.15) is 0 Å². The molecule has 2 rings (SSSR count). The molecule has 0 saturated carbocycles. The van der Waals surface area contributed by atoms with Gasteiger partial charge in [0.15, 0.2) is 0 Å². The molecule has 0 unspecified atom stereocenters. The first kappa shape index (κ1) is 13.4. The van der Waals surface area contributed by atoms with E-state index in [9.17, 15) is 9.18 Å². The van der Waals surface area contributed by atoms with Crippen molar-refractivity contribution >= 4 is 17.6 Å². The van der Waals surface area contributed by atoms with Crippen molar-refractivity contribution in [2.24, 2.45) is 0 Å². The largest absolute Gasteiger partial charge is 0.489 e. The van der Waals surface area contributed by atoms with Crippen molar-refractivity contribution < 1.29 is 19.0 Å². The Morgan fingerprint density at radius 3 is 2.74 bits per heavy atom. The van der Waals surface area contributed by atoms with Gasteiger partial charge in [0.1, 0.15) is 18.2 Å².